The van der Waals surface area contributed by atoms with Crippen molar-refractivity contribution in [2.75, 3.05) is 33.9 Å². The van der Waals surface area contributed by atoms with Gasteiger partial charge in [-0.05, 0) is 57.4 Å². The number of rotatable bonds is 12. The molecule has 1 aliphatic carbocycles. The summed E-state index contributed by atoms with van der Waals surface area (Å²) in [6.45, 7) is 8.29. The van der Waals surface area contributed by atoms with Gasteiger partial charge in [-0.2, -0.15) is 0 Å². The van der Waals surface area contributed by atoms with Gasteiger partial charge in [0.05, 0.1) is 45.1 Å². The first kappa shape index (κ1) is 23.7. The van der Waals surface area contributed by atoms with Crippen molar-refractivity contribution in [2.45, 2.75) is 71.1 Å². The molecule has 1 fully saturated rings. The lowest BCUT2D eigenvalue weighted by molar-refractivity contribution is -0.0426. The summed E-state index contributed by atoms with van der Waals surface area (Å²) in [6, 6.07) is 0.399. The molecule has 0 spiro atoms. The Balaban J connectivity index is 2.68. The van der Waals surface area contributed by atoms with Crippen molar-refractivity contribution >= 4 is 0 Å². The third-order valence-electron chi connectivity index (χ3n) is 5.00. The van der Waals surface area contributed by atoms with Crippen LogP contribution in [0.4, 0.5) is 0 Å². The summed E-state index contributed by atoms with van der Waals surface area (Å²) >= 11 is 0. The standard InChI is InChI=1S/C22H39NO4/c1-6-23(17-18(2)24)21-11-7-8-12-22(21)27-15-13-20(10-9-14-25-4)16-19(3)26-5/h9-10,14,16,18,21-22,24H,6-8,11-13,15,17H2,1-5H3/b14-9+,19-16+,20-10-/t18-,21-,22?/m1/s1. The predicted octanol–water partition coefficient (Wildman–Crippen LogP) is 4.04. The van der Waals surface area contributed by atoms with Gasteiger partial charge < -0.3 is 19.3 Å². The second-order valence-electron chi connectivity index (χ2n) is 7.21. The Morgan fingerprint density at radius 3 is 2.63 bits per heavy atom. The number of nitrogens with zero attached hydrogens (tertiary/aromatic N) is 1. The highest BCUT2D eigenvalue weighted by Crippen LogP contribution is 2.26. The largest absolute Gasteiger partial charge is 0.504 e. The van der Waals surface area contributed by atoms with E-state index in [2.05, 4.69) is 11.8 Å². The molecule has 0 heterocycles. The number of aliphatic hydroxyl groups is 1. The topological polar surface area (TPSA) is 51.2 Å². The molecule has 1 rings (SSSR count). The first-order valence-electron chi connectivity index (χ1n) is 10.2. The van der Waals surface area contributed by atoms with E-state index in [1.54, 1.807) is 20.5 Å². The van der Waals surface area contributed by atoms with E-state index in [0.717, 1.165) is 37.1 Å². The van der Waals surface area contributed by atoms with E-state index in [-0.39, 0.29) is 12.2 Å². The van der Waals surface area contributed by atoms with E-state index in [1.165, 1.54) is 12.8 Å². The Hall–Kier alpha value is -1.30. The van der Waals surface area contributed by atoms with E-state index in [9.17, 15) is 5.11 Å². The lowest BCUT2D eigenvalue weighted by Gasteiger charge is -2.40. The van der Waals surface area contributed by atoms with Crippen molar-refractivity contribution in [3.8, 4) is 0 Å². The molecule has 0 saturated heterocycles. The zero-order valence-corrected chi connectivity index (χ0v) is 17.8. The van der Waals surface area contributed by atoms with Crippen molar-refractivity contribution in [1.29, 1.82) is 0 Å². The van der Waals surface area contributed by atoms with Crippen molar-refractivity contribution in [2.24, 2.45) is 0 Å². The van der Waals surface area contributed by atoms with Crippen LogP contribution >= 0.6 is 0 Å². The maximum Gasteiger partial charge on any atom is 0.0927 e. The molecule has 5 heteroatoms. The third-order valence-corrected chi connectivity index (χ3v) is 5.00. The van der Waals surface area contributed by atoms with Crippen LogP contribution in [0, 0.1) is 0 Å². The Labute approximate surface area is 165 Å². The van der Waals surface area contributed by atoms with Crippen molar-refractivity contribution in [3.05, 3.63) is 35.8 Å². The zero-order chi connectivity index (χ0) is 20.1. The highest BCUT2D eigenvalue weighted by atomic mass is 16.5. The molecule has 1 aliphatic rings. The van der Waals surface area contributed by atoms with Gasteiger partial charge in [0.15, 0.2) is 0 Å². The molecule has 0 aromatic carbocycles. The molecule has 156 valence electrons. The Kier molecular flexibility index (Phi) is 12.1. The van der Waals surface area contributed by atoms with Crippen LogP contribution in [0.1, 0.15) is 52.9 Å². The fraction of sp³-hybridized carbons (Fsp3) is 0.727. The minimum absolute atomic E-state index is 0.237. The molecule has 5 nitrogen and oxygen atoms in total. The smallest absolute Gasteiger partial charge is 0.0927 e. The Morgan fingerprint density at radius 2 is 2.00 bits per heavy atom. The summed E-state index contributed by atoms with van der Waals surface area (Å²) in [5.41, 5.74) is 1.14. The summed E-state index contributed by atoms with van der Waals surface area (Å²) in [7, 11) is 3.32. The molecular formula is C22H39NO4. The first-order chi connectivity index (χ1) is 13.0. The van der Waals surface area contributed by atoms with Gasteiger partial charge in [-0.25, -0.2) is 0 Å². The maximum absolute atomic E-state index is 9.80. The lowest BCUT2D eigenvalue weighted by Crippen LogP contribution is -2.48. The van der Waals surface area contributed by atoms with Crippen LogP contribution in [0.25, 0.3) is 0 Å². The summed E-state index contributed by atoms with van der Waals surface area (Å²) in [5.74, 6) is 0.872. The van der Waals surface area contributed by atoms with Gasteiger partial charge in [-0.3, -0.25) is 4.90 Å². The lowest BCUT2D eigenvalue weighted by atomic mass is 9.91. The molecule has 0 aliphatic heterocycles. The molecule has 0 aromatic heterocycles. The second-order valence-corrected chi connectivity index (χ2v) is 7.21. The Bertz CT molecular complexity index is 485. The summed E-state index contributed by atoms with van der Waals surface area (Å²) in [6.07, 6.45) is 13.1. The molecule has 0 aromatic rings. The highest BCUT2D eigenvalue weighted by Gasteiger charge is 2.30. The minimum Gasteiger partial charge on any atom is -0.504 e. The molecule has 1 N–H and O–H groups in total. The summed E-state index contributed by atoms with van der Waals surface area (Å²) in [5, 5.41) is 9.80. The minimum atomic E-state index is -0.309. The molecular weight excluding hydrogens is 342 g/mol. The monoisotopic (exact) mass is 381 g/mol. The normalized spacial score (nSPS) is 23.1. The summed E-state index contributed by atoms with van der Waals surface area (Å²) in [4.78, 5) is 2.38. The first-order valence-corrected chi connectivity index (χ1v) is 10.2. The number of hydrogen-bond acceptors (Lipinski definition) is 5. The third kappa shape index (κ3) is 9.45. The van der Waals surface area contributed by atoms with Gasteiger partial charge in [-0.1, -0.05) is 25.8 Å². The van der Waals surface area contributed by atoms with Crippen LogP contribution in [0.3, 0.4) is 0 Å². The number of aliphatic hydroxyl groups excluding tert-OH is 1. The van der Waals surface area contributed by atoms with Gasteiger partial charge in [-0.15, -0.1) is 0 Å². The second kappa shape index (κ2) is 13.8. The number of allylic oxidation sites excluding steroid dienone is 4. The highest BCUT2D eigenvalue weighted by molar-refractivity contribution is 5.24. The number of ether oxygens (including phenoxy) is 3. The number of hydrogen-bond donors (Lipinski definition) is 1. The van der Waals surface area contributed by atoms with Crippen molar-refractivity contribution in [1.82, 2.24) is 4.90 Å². The molecule has 27 heavy (non-hydrogen) atoms. The van der Waals surface area contributed by atoms with Gasteiger partial charge in [0.25, 0.3) is 0 Å². The van der Waals surface area contributed by atoms with Gasteiger partial charge in [0, 0.05) is 12.6 Å². The maximum atomic E-state index is 9.80. The van der Waals surface area contributed by atoms with Crippen LogP contribution in [0.2, 0.25) is 0 Å². The van der Waals surface area contributed by atoms with Crippen LogP contribution in [-0.2, 0) is 14.2 Å². The molecule has 1 unspecified atom stereocenters. The van der Waals surface area contributed by atoms with E-state index in [4.69, 9.17) is 14.2 Å². The Morgan fingerprint density at radius 1 is 1.26 bits per heavy atom. The SMILES string of the molecule is CCN(C[C@@H](C)O)[C@@H]1CCCCC1OCCC(=C/C=C/OC)/C=C(\C)OC. The van der Waals surface area contributed by atoms with E-state index < -0.39 is 0 Å². The molecule has 0 amide bonds. The van der Waals surface area contributed by atoms with Crippen LogP contribution < -0.4 is 0 Å². The fourth-order valence-corrected chi connectivity index (χ4v) is 3.62. The van der Waals surface area contributed by atoms with Crippen LogP contribution in [0.5, 0.6) is 0 Å². The van der Waals surface area contributed by atoms with Crippen LogP contribution in [-0.4, -0.2) is 62.2 Å². The quantitative estimate of drug-likeness (QED) is 0.408. The van der Waals surface area contributed by atoms with Crippen LogP contribution in [0.15, 0.2) is 35.8 Å². The van der Waals surface area contributed by atoms with E-state index in [0.29, 0.717) is 19.2 Å². The van der Waals surface area contributed by atoms with Crippen molar-refractivity contribution in [3.63, 3.8) is 0 Å². The summed E-state index contributed by atoms with van der Waals surface area (Å²) < 4.78 is 16.6. The van der Waals surface area contributed by atoms with E-state index in [1.807, 2.05) is 32.1 Å². The van der Waals surface area contributed by atoms with Gasteiger partial charge >= 0.3 is 0 Å². The average Bonchev–Trinajstić information content (AvgIpc) is 2.66. The number of likely N-dealkylation sites (N-methyl/N-ethyl adjacent to an activating group) is 1. The molecule has 1 saturated carbocycles. The molecule has 0 bridgehead atoms. The zero-order valence-electron chi connectivity index (χ0n) is 17.8. The molecule has 0 radical (unpaired) electrons. The predicted molar refractivity (Wildman–Crippen MR) is 111 cm³/mol. The fourth-order valence-electron chi connectivity index (χ4n) is 3.62. The van der Waals surface area contributed by atoms with Crippen molar-refractivity contribution < 1.29 is 19.3 Å². The molecule has 3 atom stereocenters. The average molecular weight is 382 g/mol. The van der Waals surface area contributed by atoms with Gasteiger partial charge in [0.1, 0.15) is 0 Å². The van der Waals surface area contributed by atoms with E-state index >= 15 is 0 Å². The van der Waals surface area contributed by atoms with Gasteiger partial charge in [0.2, 0.25) is 0 Å². The number of methoxy groups -OCH3 is 2.